The van der Waals surface area contributed by atoms with Gasteiger partial charge in [-0.2, -0.15) is 0 Å². The smallest absolute Gasteiger partial charge is 0.0590 e. The van der Waals surface area contributed by atoms with Crippen molar-refractivity contribution < 1.29 is 4.74 Å². The average Bonchev–Trinajstić information content (AvgIpc) is 2.65. The van der Waals surface area contributed by atoms with Gasteiger partial charge in [0.2, 0.25) is 0 Å². The monoisotopic (exact) mass is 213 g/mol. The lowest BCUT2D eigenvalue weighted by Crippen LogP contribution is -2.30. The molecule has 0 spiro atoms. The Kier molecular flexibility index (Phi) is 5.83. The van der Waals surface area contributed by atoms with E-state index in [-0.39, 0.29) is 0 Å². The maximum atomic E-state index is 5.26. The molecule has 0 radical (unpaired) electrons. The molecule has 0 amide bonds. The van der Waals surface area contributed by atoms with E-state index in [9.17, 15) is 0 Å². The molecule has 1 aromatic heterocycles. The van der Waals surface area contributed by atoms with Gasteiger partial charge in [-0.3, -0.25) is 0 Å². The van der Waals surface area contributed by atoms with Gasteiger partial charge in [0.05, 0.1) is 6.61 Å². The minimum Gasteiger partial charge on any atom is -0.380 e. The van der Waals surface area contributed by atoms with E-state index in [1.807, 2.05) is 18.3 Å². The first kappa shape index (κ1) is 11.7. The van der Waals surface area contributed by atoms with E-state index in [0.29, 0.717) is 6.04 Å². The summed E-state index contributed by atoms with van der Waals surface area (Å²) >= 11 is 1.82. The van der Waals surface area contributed by atoms with Crippen molar-refractivity contribution in [2.24, 2.45) is 0 Å². The molecule has 0 aromatic carbocycles. The molecule has 1 unspecified atom stereocenters. The first-order chi connectivity index (χ1) is 6.83. The molecule has 2 nitrogen and oxygen atoms in total. The lowest BCUT2D eigenvalue weighted by Gasteiger charge is -2.12. The zero-order valence-electron chi connectivity index (χ0n) is 8.95. The Morgan fingerprint density at radius 3 is 3.07 bits per heavy atom. The summed E-state index contributed by atoms with van der Waals surface area (Å²) < 4.78 is 5.26. The van der Waals surface area contributed by atoms with Crippen molar-refractivity contribution >= 4 is 11.3 Å². The quantitative estimate of drug-likeness (QED) is 0.702. The molecule has 0 aliphatic heterocycles. The van der Waals surface area contributed by atoms with Crippen LogP contribution in [0.2, 0.25) is 0 Å². The number of thiophene rings is 1. The van der Waals surface area contributed by atoms with Gasteiger partial charge in [0.1, 0.15) is 0 Å². The fraction of sp³-hybridized carbons (Fsp3) is 0.636. The van der Waals surface area contributed by atoms with Crippen molar-refractivity contribution in [3.63, 3.8) is 0 Å². The van der Waals surface area contributed by atoms with E-state index < -0.39 is 0 Å². The van der Waals surface area contributed by atoms with Crippen molar-refractivity contribution in [3.8, 4) is 0 Å². The van der Waals surface area contributed by atoms with Crippen LogP contribution in [0.25, 0.3) is 0 Å². The lowest BCUT2D eigenvalue weighted by atomic mass is 10.2. The van der Waals surface area contributed by atoms with Gasteiger partial charge in [-0.05, 0) is 31.7 Å². The minimum absolute atomic E-state index is 0.536. The zero-order valence-corrected chi connectivity index (χ0v) is 9.77. The molecule has 0 aliphatic carbocycles. The standard InChI is InChI=1S/C11H19NOS/c1-3-13-7-6-12-10(2)9-11-5-4-8-14-11/h4-5,8,10,12H,3,6-7,9H2,1-2H3. The molecule has 1 heterocycles. The second kappa shape index (κ2) is 6.98. The van der Waals surface area contributed by atoms with Gasteiger partial charge in [0, 0.05) is 24.1 Å². The Morgan fingerprint density at radius 2 is 2.43 bits per heavy atom. The molecule has 1 rings (SSSR count). The van der Waals surface area contributed by atoms with Gasteiger partial charge in [-0.15, -0.1) is 11.3 Å². The molecule has 0 bridgehead atoms. The highest BCUT2D eigenvalue weighted by Crippen LogP contribution is 2.10. The van der Waals surface area contributed by atoms with Crippen LogP contribution in [0.1, 0.15) is 18.7 Å². The van der Waals surface area contributed by atoms with Crippen LogP contribution in [-0.2, 0) is 11.2 Å². The maximum Gasteiger partial charge on any atom is 0.0590 e. The number of hydrogen-bond donors (Lipinski definition) is 1. The molecular formula is C11H19NOS. The molecule has 0 aliphatic rings. The van der Waals surface area contributed by atoms with Gasteiger partial charge in [0.15, 0.2) is 0 Å². The van der Waals surface area contributed by atoms with Gasteiger partial charge in [0.25, 0.3) is 0 Å². The van der Waals surface area contributed by atoms with Crippen LogP contribution in [0.4, 0.5) is 0 Å². The Bertz CT molecular complexity index is 223. The summed E-state index contributed by atoms with van der Waals surface area (Å²) in [6, 6.07) is 4.83. The van der Waals surface area contributed by atoms with Crippen LogP contribution < -0.4 is 5.32 Å². The predicted molar refractivity (Wildman–Crippen MR) is 62.0 cm³/mol. The lowest BCUT2D eigenvalue weighted by molar-refractivity contribution is 0.147. The van der Waals surface area contributed by atoms with E-state index in [2.05, 4.69) is 29.8 Å². The Morgan fingerprint density at radius 1 is 1.57 bits per heavy atom. The summed E-state index contributed by atoms with van der Waals surface area (Å²) in [6.07, 6.45) is 1.11. The van der Waals surface area contributed by atoms with Crippen LogP contribution in [0.3, 0.4) is 0 Å². The highest BCUT2D eigenvalue weighted by atomic mass is 32.1. The third-order valence-electron chi connectivity index (χ3n) is 2.03. The Hall–Kier alpha value is -0.380. The summed E-state index contributed by atoms with van der Waals surface area (Å²) in [4.78, 5) is 1.45. The van der Waals surface area contributed by atoms with Crippen molar-refractivity contribution in [2.75, 3.05) is 19.8 Å². The molecule has 0 saturated carbocycles. The third-order valence-corrected chi connectivity index (χ3v) is 2.93. The van der Waals surface area contributed by atoms with E-state index in [4.69, 9.17) is 4.74 Å². The topological polar surface area (TPSA) is 21.3 Å². The molecule has 0 saturated heterocycles. The zero-order chi connectivity index (χ0) is 10.2. The molecular weight excluding hydrogens is 194 g/mol. The van der Waals surface area contributed by atoms with Crippen LogP contribution >= 0.6 is 11.3 Å². The molecule has 1 aromatic rings. The van der Waals surface area contributed by atoms with Gasteiger partial charge in [-0.1, -0.05) is 6.07 Å². The largest absolute Gasteiger partial charge is 0.380 e. The van der Waals surface area contributed by atoms with Gasteiger partial charge >= 0.3 is 0 Å². The fourth-order valence-electron chi connectivity index (χ4n) is 1.32. The first-order valence-corrected chi connectivity index (χ1v) is 6.04. The summed E-state index contributed by atoms with van der Waals surface area (Å²) in [5.41, 5.74) is 0. The van der Waals surface area contributed by atoms with E-state index >= 15 is 0 Å². The number of ether oxygens (including phenoxy) is 1. The van der Waals surface area contributed by atoms with Crippen molar-refractivity contribution in [3.05, 3.63) is 22.4 Å². The molecule has 80 valence electrons. The van der Waals surface area contributed by atoms with E-state index in [0.717, 1.165) is 26.2 Å². The Balaban J connectivity index is 2.07. The summed E-state index contributed by atoms with van der Waals surface area (Å²) in [5.74, 6) is 0. The fourth-order valence-corrected chi connectivity index (χ4v) is 2.16. The second-order valence-electron chi connectivity index (χ2n) is 3.34. The predicted octanol–water partition coefficient (Wildman–Crippen LogP) is 2.31. The van der Waals surface area contributed by atoms with Crippen LogP contribution in [-0.4, -0.2) is 25.8 Å². The molecule has 0 fully saturated rings. The SMILES string of the molecule is CCOCCNC(C)Cc1cccs1. The summed E-state index contributed by atoms with van der Waals surface area (Å²) in [5, 5.41) is 5.56. The molecule has 14 heavy (non-hydrogen) atoms. The van der Waals surface area contributed by atoms with Crippen molar-refractivity contribution in [1.29, 1.82) is 0 Å². The molecule has 1 N–H and O–H groups in total. The highest BCUT2D eigenvalue weighted by Gasteiger charge is 2.02. The first-order valence-electron chi connectivity index (χ1n) is 5.16. The van der Waals surface area contributed by atoms with E-state index in [1.165, 1.54) is 4.88 Å². The number of rotatable bonds is 7. The minimum atomic E-state index is 0.536. The Labute approximate surface area is 90.3 Å². The van der Waals surface area contributed by atoms with Crippen LogP contribution in [0.15, 0.2) is 17.5 Å². The van der Waals surface area contributed by atoms with Crippen molar-refractivity contribution in [2.45, 2.75) is 26.3 Å². The van der Waals surface area contributed by atoms with E-state index in [1.54, 1.807) is 0 Å². The highest BCUT2D eigenvalue weighted by molar-refractivity contribution is 7.09. The van der Waals surface area contributed by atoms with Gasteiger partial charge in [-0.25, -0.2) is 0 Å². The van der Waals surface area contributed by atoms with Gasteiger partial charge < -0.3 is 10.1 Å². The number of hydrogen-bond acceptors (Lipinski definition) is 3. The van der Waals surface area contributed by atoms with Crippen LogP contribution in [0.5, 0.6) is 0 Å². The average molecular weight is 213 g/mol. The van der Waals surface area contributed by atoms with Crippen molar-refractivity contribution in [1.82, 2.24) is 5.32 Å². The summed E-state index contributed by atoms with van der Waals surface area (Å²) in [7, 11) is 0. The normalized spacial score (nSPS) is 13.0. The third kappa shape index (κ3) is 4.74. The second-order valence-corrected chi connectivity index (χ2v) is 4.37. The maximum absolute atomic E-state index is 5.26. The number of nitrogens with one attached hydrogen (secondary N) is 1. The molecule has 3 heteroatoms. The molecule has 1 atom stereocenters. The summed E-state index contributed by atoms with van der Waals surface area (Å²) in [6.45, 7) is 6.80. The van der Waals surface area contributed by atoms with Crippen LogP contribution in [0, 0.1) is 0 Å².